The van der Waals surface area contributed by atoms with Crippen LogP contribution < -0.4 is 0 Å². The Bertz CT molecular complexity index is 502. The van der Waals surface area contributed by atoms with Crippen molar-refractivity contribution >= 4 is 41.5 Å². The first kappa shape index (κ1) is 24.2. The number of hydrogen-bond donors (Lipinski definition) is 1. The summed E-state index contributed by atoms with van der Waals surface area (Å²) in [5.74, 6) is -1.66. The molecule has 0 aromatic heterocycles. The number of carbonyl (C=O) groups is 2. The minimum Gasteiger partial charge on any atom is -0.478 e. The van der Waals surface area contributed by atoms with Crippen LogP contribution in [0.4, 0.5) is 0 Å². The minimum absolute atomic E-state index is 0. The molecule has 0 amide bonds. The van der Waals surface area contributed by atoms with Gasteiger partial charge in [0.25, 0.3) is 0 Å². The quantitative estimate of drug-likeness (QED) is 0.304. The van der Waals surface area contributed by atoms with Crippen LogP contribution in [0.1, 0.15) is 91.8 Å². The number of aromatic carboxylic acids is 1. The van der Waals surface area contributed by atoms with E-state index in [-0.39, 0.29) is 40.7 Å². The molecular formula is C20H30NaO4. The van der Waals surface area contributed by atoms with Gasteiger partial charge in [-0.25, -0.2) is 9.59 Å². The van der Waals surface area contributed by atoms with Crippen LogP contribution >= 0.6 is 0 Å². The van der Waals surface area contributed by atoms with Crippen LogP contribution in [0.3, 0.4) is 0 Å². The molecule has 135 valence electrons. The zero-order valence-corrected chi connectivity index (χ0v) is 17.8. The van der Waals surface area contributed by atoms with Gasteiger partial charge in [-0.15, -0.1) is 0 Å². The third-order valence-corrected chi connectivity index (χ3v) is 4.11. The van der Waals surface area contributed by atoms with Crippen molar-refractivity contribution in [3.63, 3.8) is 0 Å². The Kier molecular flexibility index (Phi) is 14.9. The van der Waals surface area contributed by atoms with Gasteiger partial charge in [-0.2, -0.15) is 0 Å². The predicted molar refractivity (Wildman–Crippen MR) is 101 cm³/mol. The molecule has 0 saturated heterocycles. The molecule has 0 atom stereocenters. The van der Waals surface area contributed by atoms with Crippen molar-refractivity contribution < 1.29 is 19.4 Å². The van der Waals surface area contributed by atoms with Gasteiger partial charge >= 0.3 is 11.9 Å². The zero-order valence-electron chi connectivity index (χ0n) is 15.8. The number of benzene rings is 1. The molecule has 1 aromatic rings. The first-order valence-corrected chi connectivity index (χ1v) is 9.16. The van der Waals surface area contributed by atoms with E-state index in [2.05, 4.69) is 6.92 Å². The van der Waals surface area contributed by atoms with Crippen molar-refractivity contribution in [1.29, 1.82) is 0 Å². The van der Waals surface area contributed by atoms with Gasteiger partial charge in [0.2, 0.25) is 0 Å². The van der Waals surface area contributed by atoms with Crippen molar-refractivity contribution in [2.24, 2.45) is 0 Å². The molecule has 0 spiro atoms. The molecule has 0 heterocycles. The van der Waals surface area contributed by atoms with Gasteiger partial charge in [-0.1, -0.05) is 76.8 Å². The van der Waals surface area contributed by atoms with Gasteiger partial charge in [0, 0.05) is 29.6 Å². The van der Waals surface area contributed by atoms with Crippen molar-refractivity contribution in [2.75, 3.05) is 6.61 Å². The summed E-state index contributed by atoms with van der Waals surface area (Å²) in [6, 6.07) is 6.15. The van der Waals surface area contributed by atoms with Crippen molar-refractivity contribution in [1.82, 2.24) is 0 Å². The van der Waals surface area contributed by atoms with Crippen molar-refractivity contribution in [2.45, 2.75) is 71.1 Å². The molecule has 1 rings (SSSR count). The molecule has 0 fully saturated rings. The van der Waals surface area contributed by atoms with Gasteiger partial charge in [-0.3, -0.25) is 0 Å². The molecule has 0 saturated carbocycles. The average Bonchev–Trinajstić information content (AvgIpc) is 2.59. The average molecular weight is 357 g/mol. The summed E-state index contributed by atoms with van der Waals surface area (Å²) in [6.45, 7) is 2.58. The van der Waals surface area contributed by atoms with E-state index >= 15 is 0 Å². The number of unbranched alkanes of at least 4 members (excludes halogenated alkanes) is 9. The van der Waals surface area contributed by atoms with Crippen LogP contribution in [-0.4, -0.2) is 53.2 Å². The largest absolute Gasteiger partial charge is 0.478 e. The molecule has 0 bridgehead atoms. The van der Waals surface area contributed by atoms with E-state index in [4.69, 9.17) is 9.84 Å². The van der Waals surface area contributed by atoms with E-state index < -0.39 is 11.9 Å². The van der Waals surface area contributed by atoms with Gasteiger partial charge in [0.05, 0.1) is 17.7 Å². The summed E-state index contributed by atoms with van der Waals surface area (Å²) >= 11 is 0. The maximum absolute atomic E-state index is 11.9. The number of carbonyl (C=O) groups excluding carboxylic acids is 1. The summed E-state index contributed by atoms with van der Waals surface area (Å²) in [6.07, 6.45) is 12.2. The number of rotatable bonds is 13. The van der Waals surface area contributed by atoms with E-state index in [0.717, 1.165) is 19.3 Å². The molecule has 1 radical (unpaired) electrons. The second-order valence-electron chi connectivity index (χ2n) is 6.17. The Labute approximate surface area is 173 Å². The van der Waals surface area contributed by atoms with Gasteiger partial charge in [0.1, 0.15) is 0 Å². The second-order valence-corrected chi connectivity index (χ2v) is 6.17. The molecule has 5 heteroatoms. The van der Waals surface area contributed by atoms with E-state index in [1.165, 1.54) is 57.1 Å². The SMILES string of the molecule is CCCCCCCCCCCCOC(=O)c1ccccc1C(=O)O.[Na]. The molecule has 0 aliphatic heterocycles. The summed E-state index contributed by atoms with van der Waals surface area (Å²) in [5, 5.41) is 9.07. The van der Waals surface area contributed by atoms with Crippen molar-refractivity contribution in [3.8, 4) is 0 Å². The Balaban J connectivity index is 0.00000576. The third-order valence-electron chi connectivity index (χ3n) is 4.11. The molecule has 0 aliphatic rings. The molecule has 25 heavy (non-hydrogen) atoms. The number of carboxylic acid groups (broad SMARTS) is 1. The van der Waals surface area contributed by atoms with E-state index in [0.29, 0.717) is 6.61 Å². The van der Waals surface area contributed by atoms with Crippen LogP contribution in [0.5, 0.6) is 0 Å². The molecule has 0 aliphatic carbocycles. The van der Waals surface area contributed by atoms with Crippen LogP contribution in [-0.2, 0) is 4.74 Å². The van der Waals surface area contributed by atoms with Crippen LogP contribution in [0.15, 0.2) is 24.3 Å². The third kappa shape index (κ3) is 10.7. The van der Waals surface area contributed by atoms with Gasteiger partial charge in [0.15, 0.2) is 0 Å². The molecule has 0 unspecified atom stereocenters. The molecule has 4 nitrogen and oxygen atoms in total. The minimum atomic E-state index is -1.11. The predicted octanol–water partition coefficient (Wildman–Crippen LogP) is 5.08. The molecule has 1 N–H and O–H groups in total. The number of hydrogen-bond acceptors (Lipinski definition) is 3. The number of ether oxygens (including phenoxy) is 1. The fraction of sp³-hybridized carbons (Fsp3) is 0.600. The first-order chi connectivity index (χ1) is 11.7. The maximum Gasteiger partial charge on any atom is 0.339 e. The Hall–Kier alpha value is -0.840. The Morgan fingerprint density at radius 2 is 1.32 bits per heavy atom. The van der Waals surface area contributed by atoms with E-state index in [1.807, 2.05) is 0 Å². The van der Waals surface area contributed by atoms with Gasteiger partial charge < -0.3 is 9.84 Å². The first-order valence-electron chi connectivity index (χ1n) is 9.16. The van der Waals surface area contributed by atoms with Gasteiger partial charge in [-0.05, 0) is 18.6 Å². The number of esters is 1. The summed E-state index contributed by atoms with van der Waals surface area (Å²) in [7, 11) is 0. The fourth-order valence-electron chi connectivity index (χ4n) is 2.68. The molecule has 1 aromatic carbocycles. The van der Waals surface area contributed by atoms with Crippen molar-refractivity contribution in [3.05, 3.63) is 35.4 Å². The van der Waals surface area contributed by atoms with Crippen LogP contribution in [0, 0.1) is 0 Å². The van der Waals surface area contributed by atoms with Crippen LogP contribution in [0.2, 0.25) is 0 Å². The normalized spacial score (nSPS) is 10.1. The molecular weight excluding hydrogens is 327 g/mol. The van der Waals surface area contributed by atoms with Crippen LogP contribution in [0.25, 0.3) is 0 Å². The Morgan fingerprint density at radius 3 is 1.84 bits per heavy atom. The Morgan fingerprint density at radius 1 is 0.840 bits per heavy atom. The smallest absolute Gasteiger partial charge is 0.339 e. The monoisotopic (exact) mass is 357 g/mol. The summed E-state index contributed by atoms with van der Waals surface area (Å²) < 4.78 is 5.19. The summed E-state index contributed by atoms with van der Waals surface area (Å²) in [5.41, 5.74) is 0.114. The number of carboxylic acids is 1. The fourth-order valence-corrected chi connectivity index (χ4v) is 2.68. The standard InChI is InChI=1S/C20H30O4.Na/c1-2-3-4-5-6-7-8-9-10-13-16-24-20(23)18-15-12-11-14-17(18)19(21)22;/h11-12,14-15H,2-10,13,16H2,1H3,(H,21,22);. The zero-order chi connectivity index (χ0) is 17.6. The maximum atomic E-state index is 11.9. The van der Waals surface area contributed by atoms with E-state index in [1.54, 1.807) is 12.1 Å². The topological polar surface area (TPSA) is 63.6 Å². The summed E-state index contributed by atoms with van der Waals surface area (Å²) in [4.78, 5) is 23.0. The second kappa shape index (κ2) is 15.4. The van der Waals surface area contributed by atoms with E-state index in [9.17, 15) is 9.59 Å².